The van der Waals surface area contributed by atoms with Crippen molar-refractivity contribution < 1.29 is 5.11 Å². The molecule has 0 radical (unpaired) electrons. The van der Waals surface area contributed by atoms with Crippen molar-refractivity contribution in [3.8, 4) is 5.69 Å². The Labute approximate surface area is 119 Å². The van der Waals surface area contributed by atoms with Crippen molar-refractivity contribution >= 4 is 5.82 Å². The molecule has 1 aliphatic rings. The molecule has 4 nitrogen and oxygen atoms in total. The summed E-state index contributed by atoms with van der Waals surface area (Å²) in [7, 11) is 2.09. The Morgan fingerprint density at radius 1 is 1.30 bits per heavy atom. The molecule has 0 bridgehead atoms. The van der Waals surface area contributed by atoms with E-state index < -0.39 is 0 Å². The van der Waals surface area contributed by atoms with Crippen molar-refractivity contribution in [2.75, 3.05) is 18.5 Å². The maximum atomic E-state index is 9.68. The number of anilines is 1. The summed E-state index contributed by atoms with van der Waals surface area (Å²) in [6.07, 6.45) is 2.63. The third kappa shape index (κ3) is 2.43. The highest BCUT2D eigenvalue weighted by Gasteiger charge is 2.26. The van der Waals surface area contributed by atoms with Crippen molar-refractivity contribution in [1.82, 2.24) is 9.78 Å². The second-order valence-corrected chi connectivity index (χ2v) is 5.62. The van der Waals surface area contributed by atoms with Gasteiger partial charge in [0.1, 0.15) is 5.82 Å². The molecule has 1 aromatic carbocycles. The second kappa shape index (κ2) is 5.29. The lowest BCUT2D eigenvalue weighted by Gasteiger charge is -2.21. The van der Waals surface area contributed by atoms with Crippen LogP contribution in [0.4, 0.5) is 5.82 Å². The van der Waals surface area contributed by atoms with E-state index in [1.54, 1.807) is 0 Å². The number of hydrogen-bond donors (Lipinski definition) is 1. The van der Waals surface area contributed by atoms with Gasteiger partial charge in [0.05, 0.1) is 18.0 Å². The fraction of sp³-hybridized carbons (Fsp3) is 0.438. The Morgan fingerprint density at radius 3 is 2.60 bits per heavy atom. The summed E-state index contributed by atoms with van der Waals surface area (Å²) in [4.78, 5) is 2.23. The van der Waals surface area contributed by atoms with Crippen LogP contribution in [-0.2, 0) is 6.61 Å². The largest absolute Gasteiger partial charge is 0.391 e. The van der Waals surface area contributed by atoms with Crippen LogP contribution in [0, 0.1) is 12.8 Å². The Balaban J connectivity index is 2.04. The number of aliphatic hydroxyl groups excluding tert-OH is 1. The highest BCUT2D eigenvalue weighted by atomic mass is 16.3. The molecule has 1 heterocycles. The number of nitrogens with zero attached hydrogens (tertiary/aromatic N) is 3. The molecule has 3 rings (SSSR count). The molecule has 0 spiro atoms. The molecule has 1 aliphatic carbocycles. The number of aromatic nitrogens is 2. The third-order valence-electron chi connectivity index (χ3n) is 3.91. The van der Waals surface area contributed by atoms with Crippen molar-refractivity contribution in [3.63, 3.8) is 0 Å². The highest BCUT2D eigenvalue weighted by molar-refractivity contribution is 5.54. The van der Waals surface area contributed by atoms with E-state index in [0.29, 0.717) is 0 Å². The molecule has 0 saturated heterocycles. The highest BCUT2D eigenvalue weighted by Crippen LogP contribution is 2.33. The van der Waals surface area contributed by atoms with E-state index in [9.17, 15) is 5.11 Å². The van der Waals surface area contributed by atoms with E-state index >= 15 is 0 Å². The molecule has 1 saturated carbocycles. The predicted molar refractivity (Wildman–Crippen MR) is 80.2 cm³/mol. The molecule has 106 valence electrons. The lowest BCUT2D eigenvalue weighted by molar-refractivity contribution is 0.281. The molecule has 2 aromatic rings. The fourth-order valence-corrected chi connectivity index (χ4v) is 2.65. The predicted octanol–water partition coefficient (Wildman–Crippen LogP) is 2.52. The zero-order valence-corrected chi connectivity index (χ0v) is 12.1. The number of para-hydroxylation sites is 1. The van der Waals surface area contributed by atoms with Gasteiger partial charge in [0.25, 0.3) is 0 Å². The number of hydrogen-bond acceptors (Lipinski definition) is 3. The van der Waals surface area contributed by atoms with E-state index in [1.807, 2.05) is 41.9 Å². The van der Waals surface area contributed by atoms with Crippen LogP contribution in [0.3, 0.4) is 0 Å². The Kier molecular flexibility index (Phi) is 3.49. The average molecular weight is 271 g/mol. The van der Waals surface area contributed by atoms with Crippen LogP contribution in [-0.4, -0.2) is 28.5 Å². The summed E-state index contributed by atoms with van der Waals surface area (Å²) in [6, 6.07) is 10.1. The summed E-state index contributed by atoms with van der Waals surface area (Å²) in [5.74, 6) is 1.81. The van der Waals surface area contributed by atoms with E-state index in [1.165, 1.54) is 12.8 Å². The second-order valence-electron chi connectivity index (χ2n) is 5.62. The van der Waals surface area contributed by atoms with Crippen molar-refractivity contribution in [1.29, 1.82) is 0 Å². The number of aliphatic hydroxyl groups is 1. The van der Waals surface area contributed by atoms with Gasteiger partial charge in [-0.3, -0.25) is 0 Å². The van der Waals surface area contributed by atoms with Gasteiger partial charge in [0, 0.05) is 19.2 Å². The van der Waals surface area contributed by atoms with E-state index in [-0.39, 0.29) is 6.61 Å². The van der Waals surface area contributed by atoms with Crippen molar-refractivity contribution in [3.05, 3.63) is 41.6 Å². The van der Waals surface area contributed by atoms with Crippen LogP contribution in [0.5, 0.6) is 0 Å². The summed E-state index contributed by atoms with van der Waals surface area (Å²) in [5, 5.41) is 14.3. The number of aryl methyl sites for hydroxylation is 1. The standard InChI is InChI=1S/C16H21N3O/c1-12-15(11-20)16(18(2)10-13-8-9-13)19(17-12)14-6-4-3-5-7-14/h3-7,13,20H,8-11H2,1-2H3. The van der Waals surface area contributed by atoms with E-state index in [4.69, 9.17) is 0 Å². The lowest BCUT2D eigenvalue weighted by Crippen LogP contribution is -2.24. The van der Waals surface area contributed by atoms with E-state index in [2.05, 4.69) is 17.0 Å². The molecule has 0 unspecified atom stereocenters. The van der Waals surface area contributed by atoms with Crippen LogP contribution >= 0.6 is 0 Å². The molecule has 0 amide bonds. The smallest absolute Gasteiger partial charge is 0.137 e. The quantitative estimate of drug-likeness (QED) is 0.908. The monoisotopic (exact) mass is 271 g/mol. The molecular formula is C16H21N3O. The molecular weight excluding hydrogens is 250 g/mol. The van der Waals surface area contributed by atoms with Gasteiger partial charge in [-0.1, -0.05) is 18.2 Å². The minimum absolute atomic E-state index is 0.0308. The Morgan fingerprint density at radius 2 is 2.00 bits per heavy atom. The number of benzene rings is 1. The summed E-state index contributed by atoms with van der Waals surface area (Å²) >= 11 is 0. The Bertz CT molecular complexity index is 587. The van der Waals surface area contributed by atoms with Crippen LogP contribution in [0.1, 0.15) is 24.1 Å². The molecule has 0 atom stereocenters. The molecule has 1 N–H and O–H groups in total. The van der Waals surface area contributed by atoms with Crippen LogP contribution in [0.25, 0.3) is 5.69 Å². The van der Waals surface area contributed by atoms with Gasteiger partial charge in [-0.15, -0.1) is 0 Å². The lowest BCUT2D eigenvalue weighted by atomic mass is 10.2. The normalized spacial score (nSPS) is 14.6. The van der Waals surface area contributed by atoms with Gasteiger partial charge in [0.15, 0.2) is 0 Å². The maximum Gasteiger partial charge on any atom is 0.137 e. The summed E-state index contributed by atoms with van der Waals surface area (Å²) < 4.78 is 1.95. The first kappa shape index (κ1) is 13.2. The maximum absolute atomic E-state index is 9.68. The van der Waals surface area contributed by atoms with Crippen molar-refractivity contribution in [2.24, 2.45) is 5.92 Å². The van der Waals surface area contributed by atoms with Crippen LogP contribution < -0.4 is 4.90 Å². The third-order valence-corrected chi connectivity index (χ3v) is 3.91. The molecule has 0 aliphatic heterocycles. The zero-order valence-electron chi connectivity index (χ0n) is 12.1. The summed E-state index contributed by atoms with van der Waals surface area (Å²) in [6.45, 7) is 3.02. The first-order valence-corrected chi connectivity index (χ1v) is 7.16. The molecule has 1 fully saturated rings. The minimum atomic E-state index is 0.0308. The van der Waals surface area contributed by atoms with Gasteiger partial charge >= 0.3 is 0 Å². The van der Waals surface area contributed by atoms with Gasteiger partial charge in [0.2, 0.25) is 0 Å². The number of rotatable bonds is 5. The van der Waals surface area contributed by atoms with Crippen molar-refractivity contribution in [2.45, 2.75) is 26.4 Å². The summed E-state index contributed by atoms with van der Waals surface area (Å²) in [5.41, 5.74) is 2.86. The van der Waals surface area contributed by atoms with Crippen LogP contribution in [0.2, 0.25) is 0 Å². The zero-order chi connectivity index (χ0) is 14.1. The van der Waals surface area contributed by atoms with Crippen LogP contribution in [0.15, 0.2) is 30.3 Å². The molecule has 20 heavy (non-hydrogen) atoms. The molecule has 4 heteroatoms. The van der Waals surface area contributed by atoms with Gasteiger partial charge in [-0.25, -0.2) is 4.68 Å². The van der Waals surface area contributed by atoms with E-state index in [0.717, 1.165) is 35.2 Å². The minimum Gasteiger partial charge on any atom is -0.391 e. The Hall–Kier alpha value is -1.81. The molecule has 1 aromatic heterocycles. The first-order chi connectivity index (χ1) is 9.70. The van der Waals surface area contributed by atoms with Gasteiger partial charge < -0.3 is 10.0 Å². The fourth-order valence-electron chi connectivity index (χ4n) is 2.65. The SMILES string of the molecule is Cc1nn(-c2ccccc2)c(N(C)CC2CC2)c1CO. The van der Waals surface area contributed by atoms with Gasteiger partial charge in [-0.05, 0) is 37.8 Å². The van der Waals surface area contributed by atoms with Gasteiger partial charge in [-0.2, -0.15) is 5.10 Å². The first-order valence-electron chi connectivity index (χ1n) is 7.16. The average Bonchev–Trinajstić information content (AvgIpc) is 3.20. The topological polar surface area (TPSA) is 41.3 Å².